The van der Waals surface area contributed by atoms with Crippen molar-refractivity contribution in [3.63, 3.8) is 0 Å². The first-order chi connectivity index (χ1) is 14.9. The first-order valence-corrected chi connectivity index (χ1v) is 9.70. The Morgan fingerprint density at radius 3 is 2.58 bits per heavy atom. The fourth-order valence-electron chi connectivity index (χ4n) is 4.28. The first-order valence-electron chi connectivity index (χ1n) is 9.70. The molecule has 4 N–H and O–H groups in total. The maximum Gasteiger partial charge on any atom is 0.155 e. The molecule has 0 spiro atoms. The van der Waals surface area contributed by atoms with Crippen LogP contribution in [0.4, 0.5) is 11.6 Å². The van der Waals surface area contributed by atoms with E-state index in [1.165, 1.54) is 0 Å². The van der Waals surface area contributed by atoms with E-state index in [1.54, 1.807) is 39.5 Å². The first kappa shape index (κ1) is 18.6. The van der Waals surface area contributed by atoms with Crippen LogP contribution >= 0.6 is 0 Å². The zero-order chi connectivity index (χ0) is 21.8. The third-order valence-corrected chi connectivity index (χ3v) is 5.85. The number of nitrogens with two attached hydrogens (primary N) is 2. The van der Waals surface area contributed by atoms with Crippen molar-refractivity contribution in [2.45, 2.75) is 24.8 Å². The molecule has 0 unspecified atom stereocenters. The van der Waals surface area contributed by atoms with E-state index in [4.69, 9.17) is 16.5 Å². The molecule has 5 rings (SSSR count). The van der Waals surface area contributed by atoms with Crippen LogP contribution in [0.3, 0.4) is 0 Å². The number of aromatic nitrogens is 7. The molecule has 1 aliphatic carbocycles. The molecule has 11 nitrogen and oxygen atoms in total. The molecule has 0 radical (unpaired) electrons. The zero-order valence-corrected chi connectivity index (χ0v) is 16.8. The normalized spacial score (nSPS) is 20.3. The van der Waals surface area contributed by atoms with Gasteiger partial charge in [0.2, 0.25) is 0 Å². The number of fused-ring (bicyclic) bond motifs is 1. The van der Waals surface area contributed by atoms with E-state index >= 15 is 0 Å². The lowest BCUT2D eigenvalue weighted by Gasteiger charge is -2.43. The minimum Gasteiger partial charge on any atom is -0.382 e. The Morgan fingerprint density at radius 1 is 1.13 bits per heavy atom. The second-order valence-electron chi connectivity index (χ2n) is 7.90. The highest BCUT2D eigenvalue weighted by Crippen LogP contribution is 2.47. The summed E-state index contributed by atoms with van der Waals surface area (Å²) in [6.45, 7) is 0. The molecule has 0 saturated heterocycles. The highest BCUT2D eigenvalue weighted by atomic mass is 15.3. The van der Waals surface area contributed by atoms with Crippen molar-refractivity contribution in [2.75, 3.05) is 11.5 Å². The van der Waals surface area contributed by atoms with Gasteiger partial charge in [0, 0.05) is 19.4 Å². The Morgan fingerprint density at radius 2 is 1.90 bits per heavy atom. The summed E-state index contributed by atoms with van der Waals surface area (Å²) in [5.74, 6) is 0.574. The van der Waals surface area contributed by atoms with Gasteiger partial charge < -0.3 is 11.5 Å². The number of hydrogen-bond acceptors (Lipinski definition) is 8. The average Bonchev–Trinajstić information content (AvgIpc) is 3.42. The van der Waals surface area contributed by atoms with Crippen LogP contribution in [-0.4, -0.2) is 34.2 Å². The fourth-order valence-corrected chi connectivity index (χ4v) is 4.28. The Hall–Kier alpha value is -4.38. The van der Waals surface area contributed by atoms with E-state index in [9.17, 15) is 10.5 Å². The van der Waals surface area contributed by atoms with E-state index in [-0.39, 0.29) is 12.3 Å². The third kappa shape index (κ3) is 2.79. The summed E-state index contributed by atoms with van der Waals surface area (Å²) in [4.78, 5) is 4.82. The molecular formula is C20H19N11. The van der Waals surface area contributed by atoms with Gasteiger partial charge in [0.1, 0.15) is 5.69 Å². The highest BCUT2D eigenvalue weighted by Gasteiger charge is 2.47. The van der Waals surface area contributed by atoms with Crippen molar-refractivity contribution < 1.29 is 0 Å². The van der Waals surface area contributed by atoms with Crippen molar-refractivity contribution >= 4 is 17.2 Å². The van der Waals surface area contributed by atoms with Crippen molar-refractivity contribution in [3.05, 3.63) is 30.9 Å². The van der Waals surface area contributed by atoms with E-state index in [0.717, 1.165) is 5.52 Å². The lowest BCUT2D eigenvalue weighted by molar-refractivity contribution is 0.0885. The van der Waals surface area contributed by atoms with Crippen molar-refractivity contribution in [2.24, 2.45) is 13.0 Å². The molecule has 1 aliphatic rings. The molecule has 4 aromatic heterocycles. The quantitative estimate of drug-likeness (QED) is 0.510. The number of rotatable bonds is 4. The maximum atomic E-state index is 9.34. The van der Waals surface area contributed by atoms with Crippen LogP contribution in [0.5, 0.6) is 0 Å². The average molecular weight is 413 g/mol. The van der Waals surface area contributed by atoms with Crippen LogP contribution in [-0.2, 0) is 12.6 Å². The van der Waals surface area contributed by atoms with Crippen molar-refractivity contribution in [3.8, 4) is 34.7 Å². The van der Waals surface area contributed by atoms with Gasteiger partial charge in [0.25, 0.3) is 0 Å². The Balaban J connectivity index is 1.65. The number of aryl methyl sites for hydroxylation is 1. The van der Waals surface area contributed by atoms with Crippen LogP contribution in [0.15, 0.2) is 30.9 Å². The van der Waals surface area contributed by atoms with Gasteiger partial charge in [-0.1, -0.05) is 0 Å². The summed E-state index contributed by atoms with van der Waals surface area (Å²) in [5, 5.41) is 31.6. The summed E-state index contributed by atoms with van der Waals surface area (Å²) in [6.07, 6.45) is 8.46. The summed E-state index contributed by atoms with van der Waals surface area (Å²) in [5.41, 5.74) is 15.1. The van der Waals surface area contributed by atoms with Crippen LogP contribution < -0.4 is 11.5 Å². The van der Waals surface area contributed by atoms with Gasteiger partial charge in [0.15, 0.2) is 11.6 Å². The number of hydrogen-bond donors (Lipinski definition) is 2. The molecule has 154 valence electrons. The lowest BCUT2D eigenvalue weighted by Crippen LogP contribution is -2.46. The molecule has 4 aromatic rings. The van der Waals surface area contributed by atoms with Gasteiger partial charge >= 0.3 is 0 Å². The van der Waals surface area contributed by atoms with Gasteiger partial charge in [-0.3, -0.25) is 9.36 Å². The summed E-state index contributed by atoms with van der Waals surface area (Å²) in [6, 6.07) is 6.33. The fraction of sp³-hybridized carbons (Fsp3) is 0.300. The second-order valence-corrected chi connectivity index (χ2v) is 7.90. The van der Waals surface area contributed by atoms with E-state index in [0.29, 0.717) is 47.0 Å². The van der Waals surface area contributed by atoms with E-state index in [2.05, 4.69) is 27.4 Å². The SMILES string of the molecule is Cn1cc(-c2cn3nccc3c(-c3cn(C4(CC#N)CC(C#N)C4)nc3N)n2)c(N)n1. The molecular weight excluding hydrogens is 394 g/mol. The molecule has 0 amide bonds. The van der Waals surface area contributed by atoms with Crippen molar-refractivity contribution in [1.82, 2.24) is 34.2 Å². The van der Waals surface area contributed by atoms with E-state index < -0.39 is 5.54 Å². The molecule has 0 atom stereocenters. The topological polar surface area (TPSA) is 165 Å². The minimum atomic E-state index is -0.524. The monoisotopic (exact) mass is 413 g/mol. The Bertz CT molecular complexity index is 1380. The molecule has 4 heterocycles. The molecule has 0 bridgehead atoms. The number of nitrogens with zero attached hydrogens (tertiary/aromatic N) is 9. The van der Waals surface area contributed by atoms with Gasteiger partial charge in [0.05, 0.1) is 64.7 Å². The Labute approximate surface area is 177 Å². The Kier molecular flexibility index (Phi) is 3.95. The largest absolute Gasteiger partial charge is 0.382 e. The summed E-state index contributed by atoms with van der Waals surface area (Å²) in [7, 11) is 1.79. The molecule has 11 heteroatoms. The van der Waals surface area contributed by atoms with Crippen LogP contribution in [0.25, 0.3) is 28.0 Å². The number of nitriles is 2. The number of nitrogen functional groups attached to an aromatic ring is 2. The molecule has 1 saturated carbocycles. The third-order valence-electron chi connectivity index (χ3n) is 5.85. The van der Waals surface area contributed by atoms with Crippen LogP contribution in [0, 0.1) is 28.6 Å². The van der Waals surface area contributed by atoms with Gasteiger partial charge in [-0.2, -0.15) is 25.8 Å². The summed E-state index contributed by atoms with van der Waals surface area (Å²) < 4.78 is 5.06. The smallest absolute Gasteiger partial charge is 0.155 e. The predicted octanol–water partition coefficient (Wildman–Crippen LogP) is 1.70. The van der Waals surface area contributed by atoms with E-state index in [1.807, 2.05) is 12.3 Å². The molecule has 0 aliphatic heterocycles. The molecule has 0 aromatic carbocycles. The lowest BCUT2D eigenvalue weighted by atomic mass is 9.67. The standard InChI is InChI=1S/C20H19N11/c1-29-9-13(18(23)27-29)15-11-30-16(2-5-25-30)17(26-15)14-10-31(28-19(14)24)20(3-4-21)6-12(7-20)8-22/h2,5,9-12H,3,6-7H2,1H3,(H2,23,27)(H2,24,28). The molecule has 31 heavy (non-hydrogen) atoms. The minimum absolute atomic E-state index is 0.0845. The summed E-state index contributed by atoms with van der Waals surface area (Å²) >= 11 is 0. The number of anilines is 2. The van der Waals surface area contributed by atoms with Gasteiger partial charge in [-0.05, 0) is 18.9 Å². The second kappa shape index (κ2) is 6.57. The van der Waals surface area contributed by atoms with Gasteiger partial charge in [-0.25, -0.2) is 9.50 Å². The highest BCUT2D eigenvalue weighted by molar-refractivity contribution is 5.84. The zero-order valence-electron chi connectivity index (χ0n) is 16.8. The molecule has 1 fully saturated rings. The van der Waals surface area contributed by atoms with Crippen molar-refractivity contribution in [1.29, 1.82) is 10.5 Å². The van der Waals surface area contributed by atoms with Crippen LogP contribution in [0.1, 0.15) is 19.3 Å². The maximum absolute atomic E-state index is 9.34. The van der Waals surface area contributed by atoms with Gasteiger partial charge in [-0.15, -0.1) is 0 Å². The predicted molar refractivity (Wildman–Crippen MR) is 112 cm³/mol. The van der Waals surface area contributed by atoms with Crippen LogP contribution in [0.2, 0.25) is 0 Å².